The molecule has 0 aromatic heterocycles. The lowest BCUT2D eigenvalue weighted by Crippen LogP contribution is -2.30. The van der Waals surface area contributed by atoms with E-state index in [0.717, 1.165) is 114 Å². The van der Waals surface area contributed by atoms with Crippen LogP contribution in [0.2, 0.25) is 0 Å². The number of ether oxygens (including phenoxy) is 4. The predicted molar refractivity (Wildman–Crippen MR) is 391 cm³/mol. The van der Waals surface area contributed by atoms with Gasteiger partial charge in [0.2, 0.25) is 0 Å². The molecule has 96 heavy (non-hydrogen) atoms. The van der Waals surface area contributed by atoms with Gasteiger partial charge in [-0.05, 0) is 49.4 Å². The third-order valence-corrected chi connectivity index (χ3v) is 20.4. The number of phosphoric acid groups is 2. The van der Waals surface area contributed by atoms with E-state index >= 15 is 0 Å². The molecule has 0 spiro atoms. The maximum atomic E-state index is 13.1. The molecule has 3 N–H and O–H groups in total. The lowest BCUT2D eigenvalue weighted by Gasteiger charge is -2.21. The van der Waals surface area contributed by atoms with E-state index in [2.05, 4.69) is 55.4 Å². The summed E-state index contributed by atoms with van der Waals surface area (Å²) in [5.41, 5.74) is 0. The lowest BCUT2D eigenvalue weighted by atomic mass is 9.99. The Morgan fingerprint density at radius 3 is 0.740 bits per heavy atom. The fourth-order valence-electron chi connectivity index (χ4n) is 11.7. The molecule has 17 nitrogen and oxygen atoms in total. The Morgan fingerprint density at radius 2 is 0.500 bits per heavy atom. The van der Waals surface area contributed by atoms with E-state index in [1.807, 2.05) is 0 Å². The number of aliphatic hydroxyl groups is 1. The van der Waals surface area contributed by atoms with Gasteiger partial charge < -0.3 is 33.8 Å². The molecule has 0 aromatic rings. The van der Waals surface area contributed by atoms with Crippen LogP contribution >= 0.6 is 15.6 Å². The lowest BCUT2D eigenvalue weighted by molar-refractivity contribution is -0.161. The van der Waals surface area contributed by atoms with E-state index in [1.54, 1.807) is 0 Å². The second-order valence-corrected chi connectivity index (χ2v) is 32.1. The topological polar surface area (TPSA) is 237 Å². The van der Waals surface area contributed by atoms with Gasteiger partial charge in [0.05, 0.1) is 26.4 Å². The highest BCUT2D eigenvalue weighted by Crippen LogP contribution is 2.45. The molecule has 7 atom stereocenters. The van der Waals surface area contributed by atoms with Crippen molar-refractivity contribution in [3.8, 4) is 0 Å². The van der Waals surface area contributed by atoms with Crippen LogP contribution in [0.1, 0.15) is 389 Å². The zero-order chi connectivity index (χ0) is 71.0. The second-order valence-electron chi connectivity index (χ2n) is 29.2. The van der Waals surface area contributed by atoms with Crippen LogP contribution in [0.5, 0.6) is 0 Å². The zero-order valence-electron chi connectivity index (χ0n) is 63.0. The first kappa shape index (κ1) is 94.1. The van der Waals surface area contributed by atoms with E-state index in [9.17, 15) is 43.2 Å². The van der Waals surface area contributed by atoms with Gasteiger partial charge in [0.25, 0.3) is 0 Å². The van der Waals surface area contributed by atoms with E-state index in [1.165, 1.54) is 186 Å². The molecule has 0 heterocycles. The van der Waals surface area contributed by atoms with Crippen molar-refractivity contribution in [3.63, 3.8) is 0 Å². The van der Waals surface area contributed by atoms with Crippen molar-refractivity contribution in [2.24, 2.45) is 23.7 Å². The van der Waals surface area contributed by atoms with Crippen LogP contribution in [-0.2, 0) is 65.4 Å². The monoisotopic (exact) mass is 1410 g/mol. The van der Waals surface area contributed by atoms with E-state index < -0.39 is 97.5 Å². The third-order valence-electron chi connectivity index (χ3n) is 18.5. The Labute approximate surface area is 588 Å². The molecule has 0 aliphatic heterocycles. The highest BCUT2D eigenvalue weighted by atomic mass is 31.2. The van der Waals surface area contributed by atoms with Crippen LogP contribution in [0.15, 0.2) is 0 Å². The number of hydrogen-bond donors (Lipinski definition) is 3. The number of aliphatic hydroxyl groups excluding tert-OH is 1. The Hall–Kier alpha value is -1.94. The summed E-state index contributed by atoms with van der Waals surface area (Å²) in [6.07, 6.45) is 51.6. The second kappa shape index (κ2) is 66.3. The molecule has 0 amide bonds. The molecule has 0 aromatic carbocycles. The standard InChI is InChI=1S/C77H150O17P2/c1-9-69(7)55-47-39-31-25-21-17-15-13-11-12-14-16-18-22-27-33-43-51-59-76(81)93-73(64-88-75(80)58-50-42-36-35-40-48-56-70(8)10-2)66-92-96(85,86)90-62-71(78)61-89-95(83,84)91-65-72(94-77(82)60-52-44-34-28-30-38-46-54-68(5)6)63-87-74(79)57-49-41-32-26-23-19-20-24-29-37-45-53-67(3)4/h67-73,78H,9-66H2,1-8H3,(H,83,84)(H,85,86)/t69?,70?,71-,72-,73-/m1/s1. The summed E-state index contributed by atoms with van der Waals surface area (Å²) >= 11 is 0. The molecule has 0 aliphatic rings. The number of esters is 4. The Bertz CT molecular complexity index is 1890. The van der Waals surface area contributed by atoms with Crippen LogP contribution < -0.4 is 0 Å². The molecule has 0 bridgehead atoms. The first-order chi connectivity index (χ1) is 46.2. The van der Waals surface area contributed by atoms with Gasteiger partial charge in [-0.1, -0.05) is 338 Å². The fraction of sp³-hybridized carbons (Fsp3) is 0.948. The van der Waals surface area contributed by atoms with Crippen LogP contribution in [0.4, 0.5) is 0 Å². The molecule has 0 fully saturated rings. The van der Waals surface area contributed by atoms with Gasteiger partial charge in [-0.25, -0.2) is 9.13 Å². The number of carbonyl (C=O) groups is 4. The van der Waals surface area contributed by atoms with E-state index in [4.69, 9.17) is 37.0 Å². The summed E-state index contributed by atoms with van der Waals surface area (Å²) in [6.45, 7) is 14.2. The first-order valence-corrected chi connectivity index (χ1v) is 42.8. The molecule has 0 saturated heterocycles. The van der Waals surface area contributed by atoms with Crippen molar-refractivity contribution in [2.45, 2.75) is 408 Å². The van der Waals surface area contributed by atoms with Gasteiger partial charge in [-0.2, -0.15) is 0 Å². The van der Waals surface area contributed by atoms with Crippen molar-refractivity contribution in [3.05, 3.63) is 0 Å². The summed E-state index contributed by atoms with van der Waals surface area (Å²) in [7, 11) is -9.91. The smallest absolute Gasteiger partial charge is 0.462 e. The molecule has 0 rings (SSSR count). The maximum Gasteiger partial charge on any atom is 0.472 e. The van der Waals surface area contributed by atoms with Gasteiger partial charge in [0.15, 0.2) is 12.2 Å². The van der Waals surface area contributed by atoms with Crippen LogP contribution in [0.3, 0.4) is 0 Å². The summed E-state index contributed by atoms with van der Waals surface area (Å²) < 4.78 is 68.5. The average molecular weight is 1410 g/mol. The number of unbranched alkanes of at least 4 members (excludes halogenated alkanes) is 38. The quantitative estimate of drug-likeness (QED) is 0.0222. The van der Waals surface area contributed by atoms with Gasteiger partial charge in [0, 0.05) is 25.7 Å². The molecular formula is C77H150O17P2. The summed E-state index contributed by atoms with van der Waals surface area (Å²) in [6, 6.07) is 0. The normalized spacial score (nSPS) is 14.7. The van der Waals surface area contributed by atoms with Crippen LogP contribution in [0, 0.1) is 23.7 Å². The predicted octanol–water partition coefficient (Wildman–Crippen LogP) is 22.4. The van der Waals surface area contributed by atoms with Crippen molar-refractivity contribution < 1.29 is 80.2 Å². The van der Waals surface area contributed by atoms with Crippen LogP contribution in [-0.4, -0.2) is 96.7 Å². The van der Waals surface area contributed by atoms with Crippen molar-refractivity contribution in [1.29, 1.82) is 0 Å². The summed E-state index contributed by atoms with van der Waals surface area (Å²) in [5, 5.41) is 10.6. The largest absolute Gasteiger partial charge is 0.472 e. The molecular weight excluding hydrogens is 1260 g/mol. The number of hydrogen-bond acceptors (Lipinski definition) is 15. The number of carbonyl (C=O) groups excluding carboxylic acids is 4. The molecule has 19 heteroatoms. The first-order valence-electron chi connectivity index (χ1n) is 39.8. The third kappa shape index (κ3) is 67.9. The van der Waals surface area contributed by atoms with Crippen LogP contribution in [0.25, 0.3) is 0 Å². The minimum absolute atomic E-state index is 0.103. The molecule has 0 aliphatic carbocycles. The average Bonchev–Trinajstić information content (AvgIpc) is 1.82. The Morgan fingerprint density at radius 1 is 0.292 bits per heavy atom. The zero-order valence-corrected chi connectivity index (χ0v) is 64.8. The minimum Gasteiger partial charge on any atom is -0.462 e. The molecule has 0 radical (unpaired) electrons. The van der Waals surface area contributed by atoms with Crippen molar-refractivity contribution in [2.75, 3.05) is 39.6 Å². The Balaban J connectivity index is 5.16. The van der Waals surface area contributed by atoms with E-state index in [-0.39, 0.29) is 25.7 Å². The Kier molecular flexibility index (Phi) is 65.0. The maximum absolute atomic E-state index is 13.1. The summed E-state index contributed by atoms with van der Waals surface area (Å²) in [4.78, 5) is 72.8. The van der Waals surface area contributed by atoms with Gasteiger partial charge in [-0.3, -0.25) is 37.3 Å². The minimum atomic E-state index is -4.96. The van der Waals surface area contributed by atoms with Crippen molar-refractivity contribution in [1.82, 2.24) is 0 Å². The number of phosphoric ester groups is 2. The van der Waals surface area contributed by atoms with Gasteiger partial charge in [0.1, 0.15) is 19.3 Å². The molecule has 4 unspecified atom stereocenters. The van der Waals surface area contributed by atoms with Crippen molar-refractivity contribution >= 4 is 39.5 Å². The summed E-state index contributed by atoms with van der Waals surface area (Å²) in [5.74, 6) is 0.944. The molecule has 0 saturated carbocycles. The highest BCUT2D eigenvalue weighted by molar-refractivity contribution is 7.47. The fourth-order valence-corrected chi connectivity index (χ4v) is 13.2. The molecule has 570 valence electrons. The van der Waals surface area contributed by atoms with E-state index in [0.29, 0.717) is 31.6 Å². The van der Waals surface area contributed by atoms with Gasteiger partial charge >= 0.3 is 39.5 Å². The SMILES string of the molecule is CCC(C)CCCCCCCCCCCCCCCCCCCCC(=O)O[C@H](COC(=O)CCCCCCCCC(C)CC)COP(=O)(O)OC[C@H](O)COP(=O)(O)OC[C@@H](COC(=O)CCCCCCCCCCCCCC(C)C)OC(=O)CCCCCCCCCC(C)C. The number of rotatable bonds is 74. The van der Waals surface area contributed by atoms with Gasteiger partial charge in [-0.15, -0.1) is 0 Å². The highest BCUT2D eigenvalue weighted by Gasteiger charge is 2.30.